The van der Waals surface area contributed by atoms with E-state index in [0.717, 1.165) is 25.2 Å². The van der Waals surface area contributed by atoms with Gasteiger partial charge >= 0.3 is 0 Å². The lowest BCUT2D eigenvalue weighted by molar-refractivity contribution is 0.0116. The van der Waals surface area contributed by atoms with Crippen LogP contribution in [-0.2, 0) is 11.3 Å². The molecule has 0 amide bonds. The molecule has 0 aliphatic carbocycles. The molecule has 21 heavy (non-hydrogen) atoms. The van der Waals surface area contributed by atoms with Gasteiger partial charge in [0, 0.05) is 13.1 Å². The number of hydrogen-bond donors (Lipinski definition) is 1. The van der Waals surface area contributed by atoms with Crippen molar-refractivity contribution in [3.8, 4) is 0 Å². The van der Waals surface area contributed by atoms with Crippen LogP contribution in [0.1, 0.15) is 38.7 Å². The van der Waals surface area contributed by atoms with Gasteiger partial charge in [0.05, 0.1) is 19.3 Å². The number of aliphatic hydroxyl groups excluding tert-OH is 1. The number of benzene rings is 1. The van der Waals surface area contributed by atoms with Gasteiger partial charge in [-0.25, -0.2) is 0 Å². The third kappa shape index (κ3) is 4.80. The number of β-amino-alcohol motifs (C(OH)–C–C–N with tert-alkyl or cyclic N) is 1. The Labute approximate surface area is 128 Å². The predicted octanol–water partition coefficient (Wildman–Crippen LogP) is 3.08. The fourth-order valence-corrected chi connectivity index (χ4v) is 3.25. The first-order chi connectivity index (χ1) is 10.2. The lowest BCUT2D eigenvalue weighted by atomic mass is 9.82. The molecule has 1 N–H and O–H groups in total. The Hall–Kier alpha value is -0.900. The third-order valence-corrected chi connectivity index (χ3v) is 4.91. The zero-order valence-electron chi connectivity index (χ0n) is 13.4. The quantitative estimate of drug-likeness (QED) is 0.799. The second-order valence-electron chi connectivity index (χ2n) is 6.35. The van der Waals surface area contributed by atoms with Gasteiger partial charge in [-0.1, -0.05) is 44.2 Å². The molecule has 0 spiro atoms. The van der Waals surface area contributed by atoms with E-state index in [1.165, 1.54) is 19.3 Å². The second kappa shape index (κ2) is 7.92. The molecule has 1 heterocycles. The summed E-state index contributed by atoms with van der Waals surface area (Å²) in [4.78, 5) is 2.39. The van der Waals surface area contributed by atoms with Crippen LogP contribution < -0.4 is 0 Å². The number of ether oxygens (including phenoxy) is 1. The third-order valence-electron chi connectivity index (χ3n) is 4.91. The van der Waals surface area contributed by atoms with Crippen molar-refractivity contribution in [3.63, 3.8) is 0 Å². The lowest BCUT2D eigenvalue weighted by Crippen LogP contribution is -2.35. The summed E-state index contributed by atoms with van der Waals surface area (Å²) in [5.74, 6) is 0. The SMILES string of the molecule is CCC1(CC)CCN(CC(O)COCc2ccccc2)C1. The second-order valence-corrected chi connectivity index (χ2v) is 6.35. The minimum atomic E-state index is -0.391. The van der Waals surface area contributed by atoms with E-state index in [1.807, 2.05) is 30.3 Å². The highest BCUT2D eigenvalue weighted by Crippen LogP contribution is 2.36. The van der Waals surface area contributed by atoms with E-state index < -0.39 is 6.10 Å². The molecule has 1 saturated heterocycles. The maximum absolute atomic E-state index is 10.1. The van der Waals surface area contributed by atoms with E-state index in [0.29, 0.717) is 18.6 Å². The largest absolute Gasteiger partial charge is 0.389 e. The fourth-order valence-electron chi connectivity index (χ4n) is 3.25. The van der Waals surface area contributed by atoms with Gasteiger partial charge in [0.15, 0.2) is 0 Å². The molecule has 118 valence electrons. The summed E-state index contributed by atoms with van der Waals surface area (Å²) >= 11 is 0. The van der Waals surface area contributed by atoms with E-state index in [-0.39, 0.29) is 0 Å². The van der Waals surface area contributed by atoms with Crippen molar-refractivity contribution < 1.29 is 9.84 Å². The van der Waals surface area contributed by atoms with Gasteiger partial charge in [-0.05, 0) is 36.8 Å². The molecule has 1 atom stereocenters. The molecule has 1 aliphatic heterocycles. The zero-order chi connectivity index (χ0) is 15.1. The van der Waals surface area contributed by atoms with Crippen LogP contribution in [0, 0.1) is 5.41 Å². The maximum Gasteiger partial charge on any atom is 0.0900 e. The van der Waals surface area contributed by atoms with Crippen molar-refractivity contribution in [1.82, 2.24) is 4.90 Å². The molecule has 0 aromatic heterocycles. The van der Waals surface area contributed by atoms with Crippen molar-refractivity contribution in [2.24, 2.45) is 5.41 Å². The van der Waals surface area contributed by atoms with Crippen molar-refractivity contribution >= 4 is 0 Å². The van der Waals surface area contributed by atoms with Gasteiger partial charge in [-0.15, -0.1) is 0 Å². The maximum atomic E-state index is 10.1. The first-order valence-corrected chi connectivity index (χ1v) is 8.19. The molecule has 3 nitrogen and oxygen atoms in total. The Morgan fingerprint density at radius 2 is 1.95 bits per heavy atom. The first kappa shape index (κ1) is 16.5. The van der Waals surface area contributed by atoms with Crippen molar-refractivity contribution in [2.45, 2.75) is 45.8 Å². The first-order valence-electron chi connectivity index (χ1n) is 8.19. The van der Waals surface area contributed by atoms with Crippen LogP contribution in [0.15, 0.2) is 30.3 Å². The van der Waals surface area contributed by atoms with Gasteiger partial charge in [0.1, 0.15) is 0 Å². The highest BCUT2D eigenvalue weighted by atomic mass is 16.5. The van der Waals surface area contributed by atoms with Crippen LogP contribution in [0.3, 0.4) is 0 Å². The minimum absolute atomic E-state index is 0.391. The molecule has 1 fully saturated rings. The molecule has 2 rings (SSSR count). The average molecular weight is 291 g/mol. The predicted molar refractivity (Wildman–Crippen MR) is 86.2 cm³/mol. The van der Waals surface area contributed by atoms with Crippen LogP contribution in [-0.4, -0.2) is 42.4 Å². The molecular formula is C18H29NO2. The van der Waals surface area contributed by atoms with E-state index in [9.17, 15) is 5.11 Å². The highest BCUT2D eigenvalue weighted by molar-refractivity contribution is 5.13. The molecular weight excluding hydrogens is 262 g/mol. The van der Waals surface area contributed by atoms with Crippen molar-refractivity contribution in [2.75, 3.05) is 26.2 Å². The summed E-state index contributed by atoms with van der Waals surface area (Å²) in [7, 11) is 0. The number of nitrogens with zero attached hydrogens (tertiary/aromatic N) is 1. The fraction of sp³-hybridized carbons (Fsp3) is 0.667. The summed E-state index contributed by atoms with van der Waals surface area (Å²) < 4.78 is 5.62. The number of aliphatic hydroxyl groups is 1. The summed E-state index contributed by atoms with van der Waals surface area (Å²) in [6, 6.07) is 10.1. The summed E-state index contributed by atoms with van der Waals surface area (Å²) in [5, 5.41) is 10.1. The van der Waals surface area contributed by atoms with Crippen LogP contribution in [0.5, 0.6) is 0 Å². The number of rotatable bonds is 8. The minimum Gasteiger partial charge on any atom is -0.389 e. The number of hydrogen-bond acceptors (Lipinski definition) is 3. The normalized spacial score (nSPS) is 19.8. The van der Waals surface area contributed by atoms with E-state index in [1.54, 1.807) is 0 Å². The molecule has 1 unspecified atom stereocenters. The Kier molecular flexibility index (Phi) is 6.22. The van der Waals surface area contributed by atoms with Gasteiger partial charge in [-0.2, -0.15) is 0 Å². The molecule has 0 radical (unpaired) electrons. The molecule has 1 aliphatic rings. The zero-order valence-corrected chi connectivity index (χ0v) is 13.4. The van der Waals surface area contributed by atoms with E-state index in [4.69, 9.17) is 4.74 Å². The Bertz CT molecular complexity index is 403. The Morgan fingerprint density at radius 1 is 1.24 bits per heavy atom. The summed E-state index contributed by atoms with van der Waals surface area (Å²) in [6.45, 7) is 8.52. The standard InChI is InChI=1S/C18H29NO2/c1-3-18(4-2)10-11-19(15-18)12-17(20)14-21-13-16-8-6-5-7-9-16/h5-9,17,20H,3-4,10-15H2,1-2H3. The topological polar surface area (TPSA) is 32.7 Å². The highest BCUT2D eigenvalue weighted by Gasteiger charge is 2.35. The summed E-state index contributed by atoms with van der Waals surface area (Å²) in [5.41, 5.74) is 1.63. The van der Waals surface area contributed by atoms with Gasteiger partial charge < -0.3 is 14.7 Å². The molecule has 1 aromatic rings. The smallest absolute Gasteiger partial charge is 0.0900 e. The number of likely N-dealkylation sites (tertiary alicyclic amines) is 1. The van der Waals surface area contributed by atoms with Crippen molar-refractivity contribution in [3.05, 3.63) is 35.9 Å². The monoisotopic (exact) mass is 291 g/mol. The average Bonchev–Trinajstić information content (AvgIpc) is 2.92. The molecule has 1 aromatic carbocycles. The van der Waals surface area contributed by atoms with Crippen LogP contribution >= 0.6 is 0 Å². The molecule has 0 saturated carbocycles. The van der Waals surface area contributed by atoms with Gasteiger partial charge in [0.25, 0.3) is 0 Å². The van der Waals surface area contributed by atoms with Crippen molar-refractivity contribution in [1.29, 1.82) is 0 Å². The Morgan fingerprint density at radius 3 is 2.57 bits per heavy atom. The van der Waals surface area contributed by atoms with Gasteiger partial charge in [0.2, 0.25) is 0 Å². The van der Waals surface area contributed by atoms with E-state index in [2.05, 4.69) is 18.7 Å². The van der Waals surface area contributed by atoms with Crippen LogP contribution in [0.4, 0.5) is 0 Å². The van der Waals surface area contributed by atoms with Crippen LogP contribution in [0.2, 0.25) is 0 Å². The molecule has 0 bridgehead atoms. The van der Waals surface area contributed by atoms with Gasteiger partial charge in [-0.3, -0.25) is 0 Å². The van der Waals surface area contributed by atoms with Crippen LogP contribution in [0.25, 0.3) is 0 Å². The summed E-state index contributed by atoms with van der Waals surface area (Å²) in [6.07, 6.45) is 3.34. The Balaban J connectivity index is 1.67. The lowest BCUT2D eigenvalue weighted by Gasteiger charge is -2.27. The van der Waals surface area contributed by atoms with E-state index >= 15 is 0 Å². The molecule has 3 heteroatoms.